The Morgan fingerprint density at radius 3 is 2.44 bits per heavy atom. The van der Waals surface area contributed by atoms with Crippen LogP contribution in [-0.2, 0) is 16.1 Å². The van der Waals surface area contributed by atoms with Gasteiger partial charge in [0.15, 0.2) is 0 Å². The zero-order valence-electron chi connectivity index (χ0n) is 19.2. The molecule has 7 nitrogen and oxygen atoms in total. The van der Waals surface area contributed by atoms with Crippen molar-refractivity contribution in [3.05, 3.63) is 24.0 Å². The molecule has 0 spiro atoms. The van der Waals surface area contributed by atoms with Gasteiger partial charge in [-0.3, -0.25) is 4.79 Å². The summed E-state index contributed by atoms with van der Waals surface area (Å²) in [7, 11) is 0. The van der Waals surface area contributed by atoms with Crippen LogP contribution in [0.5, 0.6) is 0 Å². The Balaban J connectivity index is 1.18. The van der Waals surface area contributed by atoms with Gasteiger partial charge in [-0.05, 0) is 101 Å². The van der Waals surface area contributed by atoms with Gasteiger partial charge in [0.05, 0.1) is 17.6 Å². The van der Waals surface area contributed by atoms with Crippen LogP contribution in [-0.4, -0.2) is 27.6 Å². The fraction of sp³-hybridized carbons (Fsp3) is 0.640. The molecular weight excluding hydrogens is 404 g/mol. The maximum absolute atomic E-state index is 12.8. The quantitative estimate of drug-likeness (QED) is 0.613. The molecule has 4 aliphatic carbocycles. The van der Waals surface area contributed by atoms with Crippen LogP contribution in [0.4, 0.5) is 10.5 Å². The number of anilines is 1. The number of carbonyl (C=O) groups is 2. The van der Waals surface area contributed by atoms with Crippen molar-refractivity contribution in [3.63, 3.8) is 0 Å². The van der Waals surface area contributed by atoms with Gasteiger partial charge in [0.1, 0.15) is 11.4 Å². The van der Waals surface area contributed by atoms with Crippen molar-refractivity contribution in [2.45, 2.75) is 71.4 Å². The molecule has 6 rings (SSSR count). The number of aromatic nitrogens is 2. The molecule has 0 aliphatic heterocycles. The standard InChI is InChI=1S/C25H34N4O3/c1-25(2,3)32-24(31)26-13-22-28-20-5-4-18(11-21(20)29-22)27-23(30)12-19-16-7-14-6-15(9-16)10-17(19)8-14/h4-5,11,14-17,19H,6-10,12-13H2,1-3H3,(H,26,31)(H,27,30)(H,28,29). The highest BCUT2D eigenvalue weighted by Crippen LogP contribution is 2.57. The van der Waals surface area contributed by atoms with E-state index in [0.717, 1.165) is 40.4 Å². The highest BCUT2D eigenvalue weighted by atomic mass is 16.6. The van der Waals surface area contributed by atoms with Crippen LogP contribution in [0.3, 0.4) is 0 Å². The second kappa shape index (κ2) is 8.09. The molecule has 4 fully saturated rings. The molecule has 4 aliphatic rings. The molecule has 0 atom stereocenters. The number of hydrogen-bond donors (Lipinski definition) is 3. The number of nitrogens with one attached hydrogen (secondary N) is 3. The molecule has 4 saturated carbocycles. The van der Waals surface area contributed by atoms with Gasteiger partial charge in [0.25, 0.3) is 0 Å². The highest BCUT2D eigenvalue weighted by molar-refractivity contribution is 5.93. The van der Waals surface area contributed by atoms with E-state index in [4.69, 9.17) is 4.74 Å². The number of hydrogen-bond acceptors (Lipinski definition) is 4. The Labute approximate surface area is 189 Å². The molecule has 32 heavy (non-hydrogen) atoms. The van der Waals surface area contributed by atoms with Crippen molar-refractivity contribution in [1.29, 1.82) is 0 Å². The third kappa shape index (κ3) is 4.62. The van der Waals surface area contributed by atoms with Gasteiger partial charge in [-0.15, -0.1) is 0 Å². The van der Waals surface area contributed by atoms with E-state index in [0.29, 0.717) is 18.2 Å². The first-order valence-electron chi connectivity index (χ1n) is 12.0. The van der Waals surface area contributed by atoms with Crippen LogP contribution in [0.25, 0.3) is 11.0 Å². The molecule has 1 aromatic heterocycles. The van der Waals surface area contributed by atoms with Crippen LogP contribution in [0.1, 0.15) is 65.1 Å². The molecule has 1 heterocycles. The van der Waals surface area contributed by atoms with Gasteiger partial charge in [-0.2, -0.15) is 0 Å². The molecule has 0 unspecified atom stereocenters. The van der Waals surface area contributed by atoms with E-state index in [1.807, 2.05) is 39.0 Å². The van der Waals surface area contributed by atoms with E-state index < -0.39 is 11.7 Å². The molecular formula is C25H34N4O3. The van der Waals surface area contributed by atoms with E-state index in [2.05, 4.69) is 20.6 Å². The van der Waals surface area contributed by atoms with Gasteiger partial charge < -0.3 is 20.4 Å². The molecule has 2 aromatic rings. The Morgan fingerprint density at radius 1 is 1.09 bits per heavy atom. The summed E-state index contributed by atoms with van der Waals surface area (Å²) in [4.78, 5) is 32.4. The first kappa shape index (κ1) is 21.3. The number of amides is 2. The number of alkyl carbamates (subject to hydrolysis) is 1. The van der Waals surface area contributed by atoms with Crippen molar-refractivity contribution >= 4 is 28.7 Å². The Bertz CT molecular complexity index is 994. The zero-order chi connectivity index (χ0) is 22.5. The van der Waals surface area contributed by atoms with Crippen LogP contribution >= 0.6 is 0 Å². The predicted octanol–water partition coefficient (Wildman–Crippen LogP) is 4.99. The lowest BCUT2D eigenvalue weighted by Gasteiger charge is -2.54. The number of nitrogens with zero attached hydrogens (tertiary/aromatic N) is 1. The molecule has 172 valence electrons. The monoisotopic (exact) mass is 438 g/mol. The topological polar surface area (TPSA) is 96.1 Å². The summed E-state index contributed by atoms with van der Waals surface area (Å²) >= 11 is 0. The van der Waals surface area contributed by atoms with Crippen LogP contribution < -0.4 is 10.6 Å². The van der Waals surface area contributed by atoms with Crippen molar-refractivity contribution in [2.24, 2.45) is 29.6 Å². The van der Waals surface area contributed by atoms with E-state index >= 15 is 0 Å². The Morgan fingerprint density at radius 2 is 1.78 bits per heavy atom. The van der Waals surface area contributed by atoms with Gasteiger partial charge in [-0.1, -0.05) is 0 Å². The maximum Gasteiger partial charge on any atom is 0.408 e. The number of ether oxygens (including phenoxy) is 1. The minimum Gasteiger partial charge on any atom is -0.444 e. The average Bonchev–Trinajstić information content (AvgIpc) is 3.09. The first-order valence-corrected chi connectivity index (χ1v) is 12.0. The van der Waals surface area contributed by atoms with E-state index in [1.165, 1.54) is 32.1 Å². The fourth-order valence-corrected chi connectivity index (χ4v) is 6.49. The number of benzene rings is 1. The van der Waals surface area contributed by atoms with E-state index in [9.17, 15) is 9.59 Å². The van der Waals surface area contributed by atoms with Gasteiger partial charge >= 0.3 is 6.09 Å². The summed E-state index contributed by atoms with van der Waals surface area (Å²) in [6, 6.07) is 5.70. The summed E-state index contributed by atoms with van der Waals surface area (Å²) in [5, 5.41) is 5.81. The number of rotatable bonds is 5. The second-order valence-corrected chi connectivity index (χ2v) is 11.1. The van der Waals surface area contributed by atoms with Crippen LogP contribution in [0.2, 0.25) is 0 Å². The van der Waals surface area contributed by atoms with Gasteiger partial charge in [0.2, 0.25) is 5.91 Å². The zero-order valence-corrected chi connectivity index (χ0v) is 19.2. The first-order chi connectivity index (χ1) is 15.2. The molecule has 0 saturated heterocycles. The summed E-state index contributed by atoms with van der Waals surface area (Å²) in [5.41, 5.74) is 1.86. The molecule has 3 N–H and O–H groups in total. The average molecular weight is 439 g/mol. The van der Waals surface area contributed by atoms with Gasteiger partial charge in [-0.25, -0.2) is 9.78 Å². The summed E-state index contributed by atoms with van der Waals surface area (Å²) < 4.78 is 5.25. The third-order valence-corrected chi connectivity index (χ3v) is 7.46. The van der Waals surface area contributed by atoms with Crippen molar-refractivity contribution < 1.29 is 14.3 Å². The predicted molar refractivity (Wildman–Crippen MR) is 123 cm³/mol. The maximum atomic E-state index is 12.8. The van der Waals surface area contributed by atoms with Crippen molar-refractivity contribution in [2.75, 3.05) is 5.32 Å². The molecule has 2 amide bonds. The summed E-state index contributed by atoms with van der Waals surface area (Å²) in [6.45, 7) is 5.73. The van der Waals surface area contributed by atoms with Crippen LogP contribution in [0.15, 0.2) is 18.2 Å². The largest absolute Gasteiger partial charge is 0.444 e. The lowest BCUT2D eigenvalue weighted by atomic mass is 9.51. The molecule has 0 radical (unpaired) electrons. The van der Waals surface area contributed by atoms with E-state index in [1.54, 1.807) is 0 Å². The minimum absolute atomic E-state index is 0.115. The molecule has 7 heteroatoms. The van der Waals surface area contributed by atoms with Crippen LogP contribution in [0, 0.1) is 29.6 Å². The number of H-pyrrole nitrogens is 1. The highest BCUT2D eigenvalue weighted by Gasteiger charge is 2.48. The lowest BCUT2D eigenvalue weighted by Crippen LogP contribution is -2.46. The minimum atomic E-state index is -0.540. The third-order valence-electron chi connectivity index (χ3n) is 7.46. The normalized spacial score (nSPS) is 28.7. The van der Waals surface area contributed by atoms with E-state index in [-0.39, 0.29) is 12.5 Å². The summed E-state index contributed by atoms with van der Waals surface area (Å²) in [6.07, 6.45) is 6.95. The number of fused-ring (bicyclic) bond motifs is 1. The number of carbonyl (C=O) groups excluding carboxylic acids is 2. The molecule has 4 bridgehead atoms. The lowest BCUT2D eigenvalue weighted by molar-refractivity contribution is -0.121. The SMILES string of the molecule is CC(C)(C)OC(=O)NCc1nc2cc(NC(=O)CC3C4CC5CC(C4)CC3C5)ccc2[nH]1. The smallest absolute Gasteiger partial charge is 0.408 e. The summed E-state index contributed by atoms with van der Waals surface area (Å²) in [5.74, 6) is 4.68. The fourth-order valence-electron chi connectivity index (χ4n) is 6.49. The second-order valence-electron chi connectivity index (χ2n) is 11.1. The Hall–Kier alpha value is -2.57. The molecule has 1 aromatic carbocycles. The van der Waals surface area contributed by atoms with Crippen molar-refractivity contribution in [3.8, 4) is 0 Å². The number of aromatic amines is 1. The Kier molecular flexibility index (Phi) is 5.38. The van der Waals surface area contributed by atoms with Gasteiger partial charge in [0, 0.05) is 12.1 Å². The number of imidazole rings is 1. The van der Waals surface area contributed by atoms with Crippen molar-refractivity contribution in [1.82, 2.24) is 15.3 Å².